The molecule has 0 aliphatic carbocycles. The van der Waals surface area contributed by atoms with Crippen LogP contribution in [0, 0.1) is 17.0 Å². The lowest BCUT2D eigenvalue weighted by molar-refractivity contribution is -0.384. The Kier molecular flexibility index (Phi) is 7.44. The third-order valence-electron chi connectivity index (χ3n) is 4.44. The Morgan fingerprint density at radius 3 is 2.72 bits per heavy atom. The maximum atomic E-state index is 12.3. The number of hydrogen-bond donors (Lipinski definition) is 2. The highest BCUT2D eigenvalue weighted by Gasteiger charge is 2.15. The Morgan fingerprint density at radius 1 is 1.22 bits per heavy atom. The number of rotatable bonds is 8. The largest absolute Gasteiger partial charge is 0.345 e. The molecule has 0 unspecified atom stereocenters. The number of carbonyl (C=O) groups excluding carboxylic acids is 2. The zero-order chi connectivity index (χ0) is 23.3. The summed E-state index contributed by atoms with van der Waals surface area (Å²) in [5, 5.41) is 25.4. The summed E-state index contributed by atoms with van der Waals surface area (Å²) in [4.78, 5) is 34.8. The minimum Gasteiger partial charge on any atom is -0.345 e. The van der Waals surface area contributed by atoms with Gasteiger partial charge in [-0.2, -0.15) is 0 Å². The smallest absolute Gasteiger partial charge is 0.270 e. The molecule has 3 aromatic rings. The van der Waals surface area contributed by atoms with Crippen molar-refractivity contribution in [3.63, 3.8) is 0 Å². The predicted octanol–water partition coefficient (Wildman–Crippen LogP) is 3.35. The first kappa shape index (κ1) is 23.2. The van der Waals surface area contributed by atoms with E-state index in [4.69, 9.17) is 11.6 Å². The number of nitrogens with zero attached hydrogens (tertiary/aromatic N) is 4. The van der Waals surface area contributed by atoms with Crippen molar-refractivity contribution >= 4 is 46.6 Å². The van der Waals surface area contributed by atoms with Crippen LogP contribution in [0.3, 0.4) is 0 Å². The third-order valence-corrected chi connectivity index (χ3v) is 5.87. The first-order valence-corrected chi connectivity index (χ1v) is 10.7. The minimum absolute atomic E-state index is 0.0691. The number of anilines is 1. The van der Waals surface area contributed by atoms with Crippen molar-refractivity contribution in [2.24, 2.45) is 7.05 Å². The van der Waals surface area contributed by atoms with Gasteiger partial charge >= 0.3 is 0 Å². The van der Waals surface area contributed by atoms with Crippen molar-refractivity contribution in [1.29, 1.82) is 0 Å². The van der Waals surface area contributed by atoms with E-state index >= 15 is 0 Å². The van der Waals surface area contributed by atoms with Crippen LogP contribution in [0.2, 0.25) is 5.02 Å². The molecular weight excluding hydrogens is 456 g/mol. The molecule has 1 aromatic heterocycles. The van der Waals surface area contributed by atoms with Crippen molar-refractivity contribution < 1.29 is 14.5 Å². The number of nitrogens with one attached hydrogen (secondary N) is 2. The molecule has 0 bridgehead atoms. The summed E-state index contributed by atoms with van der Waals surface area (Å²) in [5.74, 6) is -0.116. The molecule has 10 nitrogen and oxygen atoms in total. The van der Waals surface area contributed by atoms with E-state index in [2.05, 4.69) is 20.8 Å². The fourth-order valence-electron chi connectivity index (χ4n) is 2.64. The number of amides is 2. The molecule has 1 heterocycles. The monoisotopic (exact) mass is 474 g/mol. The average Bonchev–Trinajstić information content (AvgIpc) is 3.12. The molecule has 0 saturated carbocycles. The second-order valence-corrected chi connectivity index (χ2v) is 8.10. The molecule has 0 atom stereocenters. The van der Waals surface area contributed by atoms with Crippen LogP contribution < -0.4 is 10.6 Å². The van der Waals surface area contributed by atoms with E-state index in [-0.39, 0.29) is 29.5 Å². The summed E-state index contributed by atoms with van der Waals surface area (Å²) in [6.45, 7) is 1.95. The minimum atomic E-state index is -0.563. The molecule has 166 valence electrons. The van der Waals surface area contributed by atoms with Crippen LogP contribution >= 0.6 is 23.4 Å². The SMILES string of the molecule is Cc1ccc(NC(=O)CSc2nnc(CNC(=O)c3cccc([N+](=O)[O-])c3)n2C)cc1Cl. The van der Waals surface area contributed by atoms with Crippen molar-refractivity contribution in [1.82, 2.24) is 20.1 Å². The fraction of sp³-hybridized carbons (Fsp3) is 0.200. The lowest BCUT2D eigenvalue weighted by Crippen LogP contribution is -2.24. The molecule has 0 aliphatic heterocycles. The number of nitro benzene ring substituents is 1. The molecule has 2 N–H and O–H groups in total. The van der Waals surface area contributed by atoms with Crippen LogP contribution in [0.4, 0.5) is 11.4 Å². The van der Waals surface area contributed by atoms with Crippen LogP contribution in [0.1, 0.15) is 21.7 Å². The molecule has 3 rings (SSSR count). The molecule has 2 aromatic carbocycles. The van der Waals surface area contributed by atoms with E-state index in [1.807, 2.05) is 13.0 Å². The van der Waals surface area contributed by atoms with Gasteiger partial charge in [-0.3, -0.25) is 19.7 Å². The van der Waals surface area contributed by atoms with Gasteiger partial charge in [0.1, 0.15) is 0 Å². The van der Waals surface area contributed by atoms with E-state index in [9.17, 15) is 19.7 Å². The molecular formula is C20H19ClN6O4S. The van der Waals surface area contributed by atoms with Gasteiger partial charge in [0.2, 0.25) is 5.91 Å². The number of aromatic nitrogens is 3. The van der Waals surface area contributed by atoms with Crippen molar-refractivity contribution in [2.75, 3.05) is 11.1 Å². The summed E-state index contributed by atoms with van der Waals surface area (Å²) < 4.78 is 1.66. The van der Waals surface area contributed by atoms with Crippen molar-refractivity contribution in [3.8, 4) is 0 Å². The Morgan fingerprint density at radius 2 is 2.00 bits per heavy atom. The third kappa shape index (κ3) is 5.83. The van der Waals surface area contributed by atoms with E-state index in [1.165, 1.54) is 36.0 Å². The molecule has 0 fully saturated rings. The molecule has 0 saturated heterocycles. The van der Waals surface area contributed by atoms with E-state index in [1.54, 1.807) is 23.7 Å². The number of thioether (sulfide) groups is 1. The van der Waals surface area contributed by atoms with Crippen molar-refractivity contribution in [2.45, 2.75) is 18.6 Å². The number of benzene rings is 2. The quantitative estimate of drug-likeness (QED) is 0.290. The highest BCUT2D eigenvalue weighted by atomic mass is 35.5. The van der Waals surface area contributed by atoms with Gasteiger partial charge in [0, 0.05) is 35.5 Å². The molecule has 12 heteroatoms. The van der Waals surface area contributed by atoms with Crippen LogP contribution in [0.5, 0.6) is 0 Å². The maximum Gasteiger partial charge on any atom is 0.270 e. The molecule has 0 radical (unpaired) electrons. The van der Waals surface area contributed by atoms with Gasteiger partial charge in [-0.15, -0.1) is 10.2 Å². The molecule has 0 aliphatic rings. The number of hydrogen-bond acceptors (Lipinski definition) is 7. The van der Waals surface area contributed by atoms with E-state index < -0.39 is 10.8 Å². The van der Waals surface area contributed by atoms with Crippen LogP contribution in [0.15, 0.2) is 47.6 Å². The Hall–Kier alpha value is -3.44. The normalized spacial score (nSPS) is 10.6. The summed E-state index contributed by atoms with van der Waals surface area (Å²) in [6.07, 6.45) is 0. The summed E-state index contributed by atoms with van der Waals surface area (Å²) >= 11 is 7.26. The van der Waals surface area contributed by atoms with E-state index in [0.717, 1.165) is 5.56 Å². The molecule has 2 amide bonds. The lowest BCUT2D eigenvalue weighted by atomic mass is 10.2. The van der Waals surface area contributed by atoms with E-state index in [0.29, 0.717) is 21.7 Å². The second-order valence-electron chi connectivity index (χ2n) is 6.75. The average molecular weight is 475 g/mol. The second kappa shape index (κ2) is 10.2. The predicted molar refractivity (Wildman–Crippen MR) is 121 cm³/mol. The fourth-order valence-corrected chi connectivity index (χ4v) is 3.56. The first-order valence-electron chi connectivity index (χ1n) is 9.34. The Labute approximate surface area is 192 Å². The summed E-state index contributed by atoms with van der Waals surface area (Å²) in [6, 6.07) is 10.7. The maximum absolute atomic E-state index is 12.3. The van der Waals surface area contributed by atoms with Gasteiger partial charge in [0.15, 0.2) is 11.0 Å². The van der Waals surface area contributed by atoms with Gasteiger partial charge in [0.25, 0.3) is 11.6 Å². The molecule has 32 heavy (non-hydrogen) atoms. The number of nitro groups is 1. The number of carbonyl (C=O) groups is 2. The number of non-ortho nitro benzene ring substituents is 1. The van der Waals surface area contributed by atoms with Crippen LogP contribution in [0.25, 0.3) is 0 Å². The topological polar surface area (TPSA) is 132 Å². The Balaban J connectivity index is 1.54. The first-order chi connectivity index (χ1) is 15.2. The van der Waals surface area contributed by atoms with Gasteiger partial charge in [-0.05, 0) is 30.7 Å². The summed E-state index contributed by atoms with van der Waals surface area (Å²) in [5.41, 5.74) is 1.53. The number of aryl methyl sites for hydroxylation is 1. The van der Waals surface area contributed by atoms with Gasteiger partial charge in [-0.1, -0.05) is 35.5 Å². The number of halogens is 1. The molecule has 0 spiro atoms. The van der Waals surface area contributed by atoms with Crippen molar-refractivity contribution in [3.05, 3.63) is 74.6 Å². The Bertz CT molecular complexity index is 1180. The van der Waals surface area contributed by atoms with Crippen LogP contribution in [-0.4, -0.2) is 37.3 Å². The highest BCUT2D eigenvalue weighted by Crippen LogP contribution is 2.21. The summed E-state index contributed by atoms with van der Waals surface area (Å²) in [7, 11) is 1.72. The van der Waals surface area contributed by atoms with Gasteiger partial charge in [-0.25, -0.2) is 0 Å². The highest BCUT2D eigenvalue weighted by molar-refractivity contribution is 7.99. The van der Waals surface area contributed by atoms with Gasteiger partial charge < -0.3 is 15.2 Å². The lowest BCUT2D eigenvalue weighted by Gasteiger charge is -2.07. The standard InChI is InChI=1S/C20H19ClN6O4S/c1-12-6-7-14(9-16(12)21)23-18(28)11-32-20-25-24-17(26(20)2)10-22-19(29)13-4-3-5-15(8-13)27(30)31/h3-9H,10-11H2,1-2H3,(H,22,29)(H,23,28). The zero-order valence-electron chi connectivity index (χ0n) is 17.2. The zero-order valence-corrected chi connectivity index (χ0v) is 18.7. The van der Waals surface area contributed by atoms with Crippen LogP contribution in [-0.2, 0) is 18.4 Å². The van der Waals surface area contributed by atoms with Gasteiger partial charge in [0.05, 0.1) is 17.2 Å².